The predicted octanol–water partition coefficient (Wildman–Crippen LogP) is 2.34. The molecule has 2 aliphatic rings. The van der Waals surface area contributed by atoms with Gasteiger partial charge in [0.2, 0.25) is 5.91 Å². The zero-order chi connectivity index (χ0) is 21.9. The number of amides is 2. The molecule has 8 heteroatoms. The molecule has 164 valence electrons. The smallest absolute Gasteiger partial charge is 0.252 e. The van der Waals surface area contributed by atoms with Crippen molar-refractivity contribution in [2.75, 3.05) is 12.3 Å². The van der Waals surface area contributed by atoms with Gasteiger partial charge in [-0.25, -0.2) is 4.39 Å². The highest BCUT2D eigenvalue weighted by molar-refractivity contribution is 5.99. The van der Waals surface area contributed by atoms with E-state index in [0.717, 1.165) is 37.8 Å². The first kappa shape index (κ1) is 22.2. The van der Waals surface area contributed by atoms with Crippen molar-refractivity contribution in [3.8, 4) is 0 Å². The van der Waals surface area contributed by atoms with Crippen LogP contribution >= 0.6 is 0 Å². The first-order valence-electron chi connectivity index (χ1n) is 10.5. The van der Waals surface area contributed by atoms with Crippen LogP contribution in [0.3, 0.4) is 0 Å². The Morgan fingerprint density at radius 1 is 1.30 bits per heavy atom. The third-order valence-corrected chi connectivity index (χ3v) is 6.17. The van der Waals surface area contributed by atoms with E-state index in [1.54, 1.807) is 0 Å². The van der Waals surface area contributed by atoms with Gasteiger partial charge in [0.25, 0.3) is 5.91 Å². The Kier molecular flexibility index (Phi) is 6.75. The fraction of sp³-hybridized carbons (Fsp3) is 0.591. The molecule has 30 heavy (non-hydrogen) atoms. The lowest BCUT2D eigenvalue weighted by Gasteiger charge is -2.30. The number of benzene rings is 1. The van der Waals surface area contributed by atoms with Crippen LogP contribution in [0.4, 0.5) is 10.1 Å². The van der Waals surface area contributed by atoms with Crippen molar-refractivity contribution >= 4 is 23.3 Å². The summed E-state index contributed by atoms with van der Waals surface area (Å²) in [6.45, 7) is 3.96. The Bertz CT molecular complexity index is 802. The average molecular weight is 419 g/mol. The molecule has 1 aromatic rings. The van der Waals surface area contributed by atoms with E-state index in [1.165, 1.54) is 6.07 Å². The number of carbonyl (C=O) groups is 3. The fourth-order valence-corrected chi connectivity index (χ4v) is 4.48. The number of hydrogen-bond donors (Lipinski definition) is 3. The molecule has 1 saturated carbocycles. The highest BCUT2D eigenvalue weighted by Crippen LogP contribution is 2.41. The number of anilines is 1. The van der Waals surface area contributed by atoms with Crippen molar-refractivity contribution in [1.82, 2.24) is 10.6 Å². The quantitative estimate of drug-likeness (QED) is 0.588. The zero-order valence-electron chi connectivity index (χ0n) is 17.5. The highest BCUT2D eigenvalue weighted by atomic mass is 19.1. The van der Waals surface area contributed by atoms with Crippen molar-refractivity contribution in [2.45, 2.75) is 70.6 Å². The maximum Gasteiger partial charge on any atom is 0.252 e. The van der Waals surface area contributed by atoms with Crippen molar-refractivity contribution in [1.29, 1.82) is 0 Å². The Hall–Kier alpha value is -2.48. The maximum absolute atomic E-state index is 13.7. The Morgan fingerprint density at radius 2 is 2.00 bits per heavy atom. The molecule has 0 unspecified atom stereocenters. The van der Waals surface area contributed by atoms with Gasteiger partial charge in [-0.15, -0.1) is 0 Å². The minimum Gasteiger partial charge on any atom is -0.399 e. The van der Waals surface area contributed by atoms with Gasteiger partial charge in [-0.2, -0.15) is 0 Å². The van der Waals surface area contributed by atoms with Crippen LogP contribution in [0.2, 0.25) is 0 Å². The van der Waals surface area contributed by atoms with Crippen LogP contribution in [0.25, 0.3) is 0 Å². The molecule has 0 radical (unpaired) electrons. The number of ether oxygens (including phenoxy) is 1. The van der Waals surface area contributed by atoms with Gasteiger partial charge in [0.1, 0.15) is 24.5 Å². The topological polar surface area (TPSA) is 111 Å². The van der Waals surface area contributed by atoms with Crippen LogP contribution in [-0.2, 0) is 14.3 Å². The van der Waals surface area contributed by atoms with Gasteiger partial charge >= 0.3 is 0 Å². The van der Waals surface area contributed by atoms with E-state index in [1.807, 2.05) is 6.92 Å². The second-order valence-corrected chi connectivity index (χ2v) is 8.73. The molecule has 0 spiro atoms. The number of nitrogen functional groups attached to an aromatic ring is 1. The van der Waals surface area contributed by atoms with Gasteiger partial charge in [0, 0.05) is 11.3 Å². The van der Waals surface area contributed by atoms with E-state index >= 15 is 0 Å². The van der Waals surface area contributed by atoms with Crippen LogP contribution in [0.5, 0.6) is 0 Å². The first-order chi connectivity index (χ1) is 14.2. The third kappa shape index (κ3) is 5.16. The molecule has 1 aliphatic heterocycles. The summed E-state index contributed by atoms with van der Waals surface area (Å²) in [6.07, 6.45) is 4.73. The predicted molar refractivity (Wildman–Crippen MR) is 110 cm³/mol. The molecule has 2 fully saturated rings. The largest absolute Gasteiger partial charge is 0.399 e. The molecule has 1 heterocycles. The van der Waals surface area contributed by atoms with Crippen LogP contribution < -0.4 is 16.4 Å². The van der Waals surface area contributed by atoms with Gasteiger partial charge in [-0.1, -0.05) is 26.7 Å². The molecule has 7 nitrogen and oxygen atoms in total. The van der Waals surface area contributed by atoms with Gasteiger partial charge in [-0.05, 0) is 49.3 Å². The summed E-state index contributed by atoms with van der Waals surface area (Å²) in [5.74, 6) is -1.80. The summed E-state index contributed by atoms with van der Waals surface area (Å²) in [4.78, 5) is 38.0. The molecule has 0 aromatic heterocycles. The lowest BCUT2D eigenvalue weighted by Crippen LogP contribution is -2.54. The summed E-state index contributed by atoms with van der Waals surface area (Å²) in [5, 5.41) is 5.51. The van der Waals surface area contributed by atoms with Gasteiger partial charge < -0.3 is 21.1 Å². The second-order valence-electron chi connectivity index (χ2n) is 8.73. The van der Waals surface area contributed by atoms with E-state index in [2.05, 4.69) is 17.6 Å². The zero-order valence-corrected chi connectivity index (χ0v) is 17.5. The summed E-state index contributed by atoms with van der Waals surface area (Å²) < 4.78 is 19.1. The standard InChI is InChI=1S/C22H30FN3O4/c1-3-18-19(17(27)12-30-18)26-21(29)16(11-22(2)6-4-5-7-22)25-20(28)13-8-14(23)10-15(24)9-13/h8-10,16,18-19H,3-7,11-12,24H2,1-2H3,(H,25,28)(H,26,29)/t16-,18-,19+/m0/s1. The molecule has 1 aromatic carbocycles. The van der Waals surface area contributed by atoms with Gasteiger partial charge in [0.05, 0.1) is 6.10 Å². The van der Waals surface area contributed by atoms with E-state index in [9.17, 15) is 18.8 Å². The SMILES string of the molecule is CC[C@@H]1OCC(=O)[C@H]1NC(=O)[C@H](CC1(C)CCCC1)NC(=O)c1cc(N)cc(F)c1. The highest BCUT2D eigenvalue weighted by Gasteiger charge is 2.39. The third-order valence-electron chi connectivity index (χ3n) is 6.17. The molecular formula is C22H30FN3O4. The van der Waals surface area contributed by atoms with E-state index in [4.69, 9.17) is 10.5 Å². The summed E-state index contributed by atoms with van der Waals surface area (Å²) in [5.41, 5.74) is 5.74. The normalized spacial score (nSPS) is 23.9. The molecule has 3 rings (SSSR count). The Morgan fingerprint density at radius 3 is 2.63 bits per heavy atom. The van der Waals surface area contributed by atoms with Crippen LogP contribution in [0.1, 0.15) is 62.7 Å². The first-order valence-corrected chi connectivity index (χ1v) is 10.5. The number of halogens is 1. The van der Waals surface area contributed by atoms with E-state index in [0.29, 0.717) is 12.8 Å². The van der Waals surface area contributed by atoms with E-state index in [-0.39, 0.29) is 35.2 Å². The number of ketones is 1. The van der Waals surface area contributed by atoms with Crippen molar-refractivity contribution in [3.05, 3.63) is 29.6 Å². The molecule has 1 saturated heterocycles. The van der Waals surface area contributed by atoms with Gasteiger partial charge in [0.15, 0.2) is 5.78 Å². The minimum absolute atomic E-state index is 0.0270. The number of rotatable bonds is 7. The number of nitrogens with two attached hydrogens (primary N) is 1. The van der Waals surface area contributed by atoms with E-state index < -0.39 is 29.7 Å². The number of Topliss-reactive ketones (excluding diaryl/α,β-unsaturated/α-hetero) is 1. The summed E-state index contributed by atoms with van der Waals surface area (Å²) in [7, 11) is 0. The fourth-order valence-electron chi connectivity index (χ4n) is 4.48. The molecule has 4 N–H and O–H groups in total. The van der Waals surface area contributed by atoms with Crippen molar-refractivity contribution < 1.29 is 23.5 Å². The maximum atomic E-state index is 13.7. The Balaban J connectivity index is 1.78. The second kappa shape index (κ2) is 9.12. The summed E-state index contributed by atoms with van der Waals surface area (Å²) in [6, 6.07) is 2.00. The number of hydrogen-bond acceptors (Lipinski definition) is 5. The average Bonchev–Trinajstić information content (AvgIpc) is 3.26. The molecule has 2 amide bonds. The molecule has 0 bridgehead atoms. The van der Waals surface area contributed by atoms with Crippen LogP contribution in [-0.4, -0.2) is 42.4 Å². The summed E-state index contributed by atoms with van der Waals surface area (Å²) >= 11 is 0. The van der Waals surface area contributed by atoms with Crippen LogP contribution in [0.15, 0.2) is 18.2 Å². The lowest BCUT2D eigenvalue weighted by atomic mass is 9.81. The molecule has 3 atom stereocenters. The van der Waals surface area contributed by atoms with Gasteiger partial charge in [-0.3, -0.25) is 14.4 Å². The van der Waals surface area contributed by atoms with Crippen molar-refractivity contribution in [2.24, 2.45) is 5.41 Å². The molecular weight excluding hydrogens is 389 g/mol. The van der Waals surface area contributed by atoms with Crippen molar-refractivity contribution in [3.63, 3.8) is 0 Å². The number of nitrogens with one attached hydrogen (secondary N) is 2. The number of carbonyl (C=O) groups excluding carboxylic acids is 3. The lowest BCUT2D eigenvalue weighted by molar-refractivity contribution is -0.128. The minimum atomic E-state index is -0.851. The Labute approximate surface area is 175 Å². The van der Waals surface area contributed by atoms with Crippen LogP contribution in [0, 0.1) is 11.2 Å². The monoisotopic (exact) mass is 419 g/mol. The molecule has 1 aliphatic carbocycles.